The molecule has 2 rings (SSSR count). The van der Waals surface area contributed by atoms with Crippen molar-refractivity contribution in [2.45, 2.75) is 25.9 Å². The van der Waals surface area contributed by atoms with Crippen molar-refractivity contribution in [3.8, 4) is 0 Å². The second-order valence-corrected chi connectivity index (χ2v) is 4.63. The number of hydrogen-bond donors (Lipinski definition) is 1. The third kappa shape index (κ3) is 2.54. The quantitative estimate of drug-likeness (QED) is 0.789. The molecule has 0 bridgehead atoms. The minimum absolute atomic E-state index is 0.542. The molecule has 88 valence electrons. The van der Waals surface area contributed by atoms with Crippen molar-refractivity contribution in [3.63, 3.8) is 0 Å². The highest BCUT2D eigenvalue weighted by Crippen LogP contribution is 2.19. The molecule has 3 nitrogen and oxygen atoms in total. The lowest BCUT2D eigenvalue weighted by atomic mass is 10.1. The van der Waals surface area contributed by atoms with Crippen LogP contribution in [0.2, 0.25) is 0 Å². The molecule has 3 heteroatoms. The topological polar surface area (TPSA) is 38.5 Å². The van der Waals surface area contributed by atoms with Gasteiger partial charge in [0.1, 0.15) is 0 Å². The van der Waals surface area contributed by atoms with Crippen molar-refractivity contribution in [1.29, 1.82) is 0 Å². The first kappa shape index (κ1) is 11.4. The Morgan fingerprint density at radius 1 is 1.50 bits per heavy atom. The minimum Gasteiger partial charge on any atom is -0.398 e. The Bertz CT molecular complexity index is 359. The van der Waals surface area contributed by atoms with Gasteiger partial charge in [-0.2, -0.15) is 0 Å². The molecule has 1 unspecified atom stereocenters. The number of aryl methyl sites for hydroxylation is 1. The van der Waals surface area contributed by atoms with Gasteiger partial charge in [0.2, 0.25) is 0 Å². The summed E-state index contributed by atoms with van der Waals surface area (Å²) >= 11 is 0. The summed E-state index contributed by atoms with van der Waals surface area (Å²) < 4.78 is 5.40. The number of anilines is 1. The maximum Gasteiger partial charge on any atom is 0.0622 e. The fourth-order valence-corrected chi connectivity index (χ4v) is 2.14. The van der Waals surface area contributed by atoms with Gasteiger partial charge in [0.15, 0.2) is 0 Å². The molecular formula is C13H20N2O. The molecule has 16 heavy (non-hydrogen) atoms. The number of nitrogens with zero attached hydrogens (tertiary/aromatic N) is 1. The Hall–Kier alpha value is -1.06. The maximum atomic E-state index is 5.98. The van der Waals surface area contributed by atoms with Crippen LogP contribution in [0, 0.1) is 6.92 Å². The highest BCUT2D eigenvalue weighted by molar-refractivity contribution is 5.48. The van der Waals surface area contributed by atoms with Gasteiger partial charge in [-0.25, -0.2) is 0 Å². The van der Waals surface area contributed by atoms with E-state index in [-0.39, 0.29) is 0 Å². The van der Waals surface area contributed by atoms with E-state index in [4.69, 9.17) is 10.5 Å². The summed E-state index contributed by atoms with van der Waals surface area (Å²) in [5.74, 6) is 0. The lowest BCUT2D eigenvalue weighted by Gasteiger charge is -2.23. The monoisotopic (exact) mass is 220 g/mol. The molecule has 0 radical (unpaired) electrons. The van der Waals surface area contributed by atoms with E-state index in [1.54, 1.807) is 0 Å². The van der Waals surface area contributed by atoms with E-state index in [9.17, 15) is 0 Å². The summed E-state index contributed by atoms with van der Waals surface area (Å²) in [5.41, 5.74) is 9.35. The van der Waals surface area contributed by atoms with E-state index in [2.05, 4.69) is 31.0 Å². The van der Waals surface area contributed by atoms with Gasteiger partial charge in [0.05, 0.1) is 6.61 Å². The normalized spacial score (nSPS) is 20.6. The van der Waals surface area contributed by atoms with Crippen LogP contribution in [0.15, 0.2) is 18.2 Å². The van der Waals surface area contributed by atoms with Gasteiger partial charge in [0, 0.05) is 24.9 Å². The molecule has 1 aromatic carbocycles. The van der Waals surface area contributed by atoms with Crippen molar-refractivity contribution in [3.05, 3.63) is 29.3 Å². The number of nitrogens with two attached hydrogens (primary N) is 1. The molecule has 1 aliphatic rings. The summed E-state index contributed by atoms with van der Waals surface area (Å²) in [4.78, 5) is 2.33. The van der Waals surface area contributed by atoms with E-state index >= 15 is 0 Å². The molecular weight excluding hydrogens is 200 g/mol. The predicted octanol–water partition coefficient (Wildman–Crippen LogP) is 1.80. The van der Waals surface area contributed by atoms with Crippen molar-refractivity contribution < 1.29 is 4.74 Å². The first-order valence-corrected chi connectivity index (χ1v) is 5.80. The Balaban J connectivity index is 2.04. The fraction of sp³-hybridized carbons (Fsp3) is 0.538. The van der Waals surface area contributed by atoms with Crippen molar-refractivity contribution in [2.75, 3.05) is 26.0 Å². The highest BCUT2D eigenvalue weighted by atomic mass is 16.5. The van der Waals surface area contributed by atoms with E-state index in [1.165, 1.54) is 11.1 Å². The van der Waals surface area contributed by atoms with Gasteiger partial charge >= 0.3 is 0 Å². The van der Waals surface area contributed by atoms with Crippen LogP contribution in [-0.4, -0.2) is 31.2 Å². The number of hydrogen-bond acceptors (Lipinski definition) is 3. The first-order chi connectivity index (χ1) is 7.66. The molecule has 2 N–H and O–H groups in total. The summed E-state index contributed by atoms with van der Waals surface area (Å²) in [6.45, 7) is 4.74. The van der Waals surface area contributed by atoms with Gasteiger partial charge < -0.3 is 10.5 Å². The molecule has 1 fully saturated rings. The standard InChI is InChI=1S/C13H20N2O/c1-10-3-4-13(14)11(7-10)8-15(2)12-5-6-16-9-12/h3-4,7,12H,5-6,8-9,14H2,1-2H3. The zero-order valence-corrected chi connectivity index (χ0v) is 10.1. The Morgan fingerprint density at radius 3 is 3.00 bits per heavy atom. The van der Waals surface area contributed by atoms with Crippen molar-refractivity contribution in [1.82, 2.24) is 4.90 Å². The minimum atomic E-state index is 0.542. The van der Waals surface area contributed by atoms with Gasteiger partial charge in [0.25, 0.3) is 0 Å². The van der Waals surface area contributed by atoms with Gasteiger partial charge in [-0.1, -0.05) is 17.7 Å². The molecule has 0 saturated carbocycles. The number of likely N-dealkylation sites (N-methyl/N-ethyl adjacent to an activating group) is 1. The van der Waals surface area contributed by atoms with Gasteiger partial charge in [-0.15, -0.1) is 0 Å². The number of ether oxygens (including phenoxy) is 1. The molecule has 1 heterocycles. The maximum absolute atomic E-state index is 5.98. The molecule has 0 aliphatic carbocycles. The van der Waals surface area contributed by atoms with Crippen LogP contribution in [0.25, 0.3) is 0 Å². The summed E-state index contributed by atoms with van der Waals surface area (Å²) in [6.07, 6.45) is 1.13. The van der Waals surface area contributed by atoms with Gasteiger partial charge in [-0.05, 0) is 32.0 Å². The van der Waals surface area contributed by atoms with Crippen LogP contribution in [0.5, 0.6) is 0 Å². The SMILES string of the molecule is Cc1ccc(N)c(CN(C)C2CCOC2)c1. The molecule has 1 aromatic rings. The van der Waals surface area contributed by atoms with Crippen LogP contribution >= 0.6 is 0 Å². The summed E-state index contributed by atoms with van der Waals surface area (Å²) in [6, 6.07) is 6.75. The highest BCUT2D eigenvalue weighted by Gasteiger charge is 2.20. The molecule has 0 spiro atoms. The van der Waals surface area contributed by atoms with E-state index in [1.807, 2.05) is 6.07 Å². The molecule has 1 saturated heterocycles. The Labute approximate surface area is 97.2 Å². The van der Waals surface area contributed by atoms with Crippen molar-refractivity contribution >= 4 is 5.69 Å². The lowest BCUT2D eigenvalue weighted by molar-refractivity contribution is 0.156. The second-order valence-electron chi connectivity index (χ2n) is 4.63. The van der Waals surface area contributed by atoms with Crippen LogP contribution in [0.1, 0.15) is 17.5 Å². The zero-order chi connectivity index (χ0) is 11.5. The molecule has 1 atom stereocenters. The second kappa shape index (κ2) is 4.85. The van der Waals surface area contributed by atoms with E-state index in [0.717, 1.165) is 31.9 Å². The van der Waals surface area contributed by atoms with E-state index in [0.29, 0.717) is 6.04 Å². The van der Waals surface area contributed by atoms with Crippen LogP contribution in [0.4, 0.5) is 5.69 Å². The smallest absolute Gasteiger partial charge is 0.0622 e. The zero-order valence-electron chi connectivity index (χ0n) is 10.1. The average molecular weight is 220 g/mol. The third-order valence-corrected chi connectivity index (χ3v) is 3.25. The predicted molar refractivity (Wildman–Crippen MR) is 66.3 cm³/mol. The Kier molecular flexibility index (Phi) is 3.46. The van der Waals surface area contributed by atoms with E-state index < -0.39 is 0 Å². The third-order valence-electron chi connectivity index (χ3n) is 3.25. The summed E-state index contributed by atoms with van der Waals surface area (Å²) in [5, 5.41) is 0. The number of rotatable bonds is 3. The number of benzene rings is 1. The largest absolute Gasteiger partial charge is 0.398 e. The number of nitrogen functional groups attached to an aromatic ring is 1. The van der Waals surface area contributed by atoms with Crippen LogP contribution < -0.4 is 5.73 Å². The lowest BCUT2D eigenvalue weighted by Crippen LogP contribution is -2.31. The molecule has 0 aromatic heterocycles. The summed E-state index contributed by atoms with van der Waals surface area (Å²) in [7, 11) is 2.14. The first-order valence-electron chi connectivity index (χ1n) is 5.80. The average Bonchev–Trinajstić information content (AvgIpc) is 2.76. The molecule has 0 amide bonds. The van der Waals surface area contributed by atoms with Gasteiger partial charge in [-0.3, -0.25) is 4.90 Å². The van der Waals surface area contributed by atoms with Crippen LogP contribution in [0.3, 0.4) is 0 Å². The fourth-order valence-electron chi connectivity index (χ4n) is 2.14. The van der Waals surface area contributed by atoms with Crippen LogP contribution in [-0.2, 0) is 11.3 Å². The van der Waals surface area contributed by atoms with Crippen molar-refractivity contribution in [2.24, 2.45) is 0 Å². The molecule has 1 aliphatic heterocycles. The Morgan fingerprint density at radius 2 is 2.31 bits per heavy atom.